The van der Waals surface area contributed by atoms with E-state index >= 15 is 0 Å². The predicted octanol–water partition coefficient (Wildman–Crippen LogP) is 1.49. The SMILES string of the molecule is COC(=O)[C@@H]1CCCC[C@H]1C#N. The first-order valence-corrected chi connectivity index (χ1v) is 4.27. The molecular weight excluding hydrogens is 154 g/mol. The number of nitriles is 1. The molecule has 1 saturated carbocycles. The zero-order chi connectivity index (χ0) is 8.97. The van der Waals surface area contributed by atoms with Crippen molar-refractivity contribution in [2.45, 2.75) is 25.7 Å². The van der Waals surface area contributed by atoms with Crippen molar-refractivity contribution in [1.29, 1.82) is 5.26 Å². The van der Waals surface area contributed by atoms with Crippen LogP contribution in [-0.4, -0.2) is 13.1 Å². The Balaban J connectivity index is 2.60. The van der Waals surface area contributed by atoms with Crippen molar-refractivity contribution in [1.82, 2.24) is 0 Å². The van der Waals surface area contributed by atoms with Crippen LogP contribution in [0, 0.1) is 23.2 Å². The van der Waals surface area contributed by atoms with Gasteiger partial charge in [-0.1, -0.05) is 12.8 Å². The molecule has 0 amide bonds. The van der Waals surface area contributed by atoms with E-state index in [2.05, 4.69) is 10.8 Å². The standard InChI is InChI=1S/C9H13NO2/c1-12-9(11)8-5-3-2-4-7(8)6-10/h7-8H,2-5H2,1H3/t7-,8+/m0/s1. The largest absolute Gasteiger partial charge is 0.469 e. The average Bonchev–Trinajstić information content (AvgIpc) is 2.16. The van der Waals surface area contributed by atoms with Gasteiger partial charge in [0.15, 0.2) is 0 Å². The zero-order valence-electron chi connectivity index (χ0n) is 7.25. The van der Waals surface area contributed by atoms with Crippen LogP contribution in [-0.2, 0) is 9.53 Å². The van der Waals surface area contributed by atoms with Crippen molar-refractivity contribution < 1.29 is 9.53 Å². The van der Waals surface area contributed by atoms with E-state index in [0.29, 0.717) is 0 Å². The molecule has 1 rings (SSSR count). The Kier molecular flexibility index (Phi) is 3.09. The van der Waals surface area contributed by atoms with Crippen LogP contribution < -0.4 is 0 Å². The molecule has 0 saturated heterocycles. The molecule has 0 aliphatic heterocycles. The highest BCUT2D eigenvalue weighted by Gasteiger charge is 2.31. The zero-order valence-corrected chi connectivity index (χ0v) is 7.25. The van der Waals surface area contributed by atoms with Gasteiger partial charge in [0.1, 0.15) is 0 Å². The van der Waals surface area contributed by atoms with Crippen molar-refractivity contribution in [3.8, 4) is 6.07 Å². The lowest BCUT2D eigenvalue weighted by Gasteiger charge is -2.23. The monoisotopic (exact) mass is 167 g/mol. The molecule has 0 aromatic rings. The van der Waals surface area contributed by atoms with Crippen molar-refractivity contribution in [3.63, 3.8) is 0 Å². The quantitative estimate of drug-likeness (QED) is 0.556. The fourth-order valence-electron chi connectivity index (χ4n) is 1.72. The van der Waals surface area contributed by atoms with E-state index in [9.17, 15) is 4.79 Å². The lowest BCUT2D eigenvalue weighted by atomic mass is 9.80. The topological polar surface area (TPSA) is 50.1 Å². The van der Waals surface area contributed by atoms with Crippen molar-refractivity contribution >= 4 is 5.97 Å². The molecule has 2 atom stereocenters. The lowest BCUT2D eigenvalue weighted by molar-refractivity contribution is -0.147. The molecule has 0 aromatic carbocycles. The Labute approximate surface area is 72.3 Å². The molecular formula is C9H13NO2. The van der Waals surface area contributed by atoms with E-state index in [-0.39, 0.29) is 17.8 Å². The second kappa shape index (κ2) is 4.10. The Bertz CT molecular complexity index is 207. The number of ether oxygens (including phenoxy) is 1. The first-order chi connectivity index (χ1) is 5.79. The molecule has 1 aliphatic carbocycles. The number of carbonyl (C=O) groups excluding carboxylic acids is 1. The highest BCUT2D eigenvalue weighted by molar-refractivity contribution is 5.73. The van der Waals surface area contributed by atoms with Crippen molar-refractivity contribution in [3.05, 3.63) is 0 Å². The highest BCUT2D eigenvalue weighted by atomic mass is 16.5. The third-order valence-electron chi connectivity index (χ3n) is 2.44. The van der Waals surface area contributed by atoms with E-state index in [0.717, 1.165) is 25.7 Å². The van der Waals surface area contributed by atoms with Gasteiger partial charge in [-0.05, 0) is 12.8 Å². The molecule has 3 heteroatoms. The van der Waals surface area contributed by atoms with E-state index in [4.69, 9.17) is 5.26 Å². The predicted molar refractivity (Wildman–Crippen MR) is 43.1 cm³/mol. The van der Waals surface area contributed by atoms with Crippen LogP contribution in [0.4, 0.5) is 0 Å². The summed E-state index contributed by atoms with van der Waals surface area (Å²) in [5.74, 6) is -0.513. The first-order valence-electron chi connectivity index (χ1n) is 4.27. The highest BCUT2D eigenvalue weighted by Crippen LogP contribution is 2.30. The van der Waals surface area contributed by atoms with Gasteiger partial charge >= 0.3 is 5.97 Å². The maximum absolute atomic E-state index is 11.2. The van der Waals surface area contributed by atoms with Crippen LogP contribution in [0.5, 0.6) is 0 Å². The molecule has 12 heavy (non-hydrogen) atoms. The summed E-state index contributed by atoms with van der Waals surface area (Å²) in [5, 5.41) is 8.75. The number of esters is 1. The van der Waals surface area contributed by atoms with Crippen LogP contribution in [0.1, 0.15) is 25.7 Å². The summed E-state index contributed by atoms with van der Waals surface area (Å²) in [7, 11) is 1.38. The first kappa shape index (κ1) is 9.05. The lowest BCUT2D eigenvalue weighted by Crippen LogP contribution is -2.27. The molecule has 1 fully saturated rings. The smallest absolute Gasteiger partial charge is 0.309 e. The Morgan fingerprint density at radius 3 is 2.75 bits per heavy atom. The minimum absolute atomic E-state index is 0.119. The number of methoxy groups -OCH3 is 1. The summed E-state index contributed by atoms with van der Waals surface area (Å²) in [6, 6.07) is 2.17. The third-order valence-corrected chi connectivity index (χ3v) is 2.44. The second-order valence-corrected chi connectivity index (χ2v) is 3.15. The molecule has 0 unspecified atom stereocenters. The maximum atomic E-state index is 11.2. The minimum Gasteiger partial charge on any atom is -0.469 e. The van der Waals surface area contributed by atoms with Gasteiger partial charge in [-0.3, -0.25) is 4.79 Å². The van der Waals surface area contributed by atoms with E-state index in [1.165, 1.54) is 7.11 Å². The molecule has 0 aromatic heterocycles. The Morgan fingerprint density at radius 1 is 1.50 bits per heavy atom. The fraction of sp³-hybridized carbons (Fsp3) is 0.778. The molecule has 0 radical (unpaired) electrons. The summed E-state index contributed by atoms with van der Waals surface area (Å²) in [4.78, 5) is 11.2. The van der Waals surface area contributed by atoms with Crippen LogP contribution in [0.15, 0.2) is 0 Å². The molecule has 0 N–H and O–H groups in total. The van der Waals surface area contributed by atoms with Crippen molar-refractivity contribution in [2.75, 3.05) is 7.11 Å². The fourth-order valence-corrected chi connectivity index (χ4v) is 1.72. The van der Waals surface area contributed by atoms with Gasteiger partial charge in [-0.15, -0.1) is 0 Å². The summed E-state index contributed by atoms with van der Waals surface area (Å²) in [6.07, 6.45) is 3.75. The van der Waals surface area contributed by atoms with Gasteiger partial charge in [0.2, 0.25) is 0 Å². The van der Waals surface area contributed by atoms with Crippen LogP contribution in [0.25, 0.3) is 0 Å². The molecule has 3 nitrogen and oxygen atoms in total. The summed E-state index contributed by atoms with van der Waals surface area (Å²) < 4.78 is 4.63. The number of rotatable bonds is 1. The van der Waals surface area contributed by atoms with Gasteiger partial charge in [0.25, 0.3) is 0 Å². The second-order valence-electron chi connectivity index (χ2n) is 3.15. The Morgan fingerprint density at radius 2 is 2.17 bits per heavy atom. The van der Waals surface area contributed by atoms with E-state index in [1.54, 1.807) is 0 Å². The summed E-state index contributed by atoms with van der Waals surface area (Å²) >= 11 is 0. The maximum Gasteiger partial charge on any atom is 0.309 e. The van der Waals surface area contributed by atoms with Crippen LogP contribution in [0.3, 0.4) is 0 Å². The van der Waals surface area contributed by atoms with Crippen LogP contribution in [0.2, 0.25) is 0 Å². The van der Waals surface area contributed by atoms with Gasteiger partial charge in [-0.25, -0.2) is 0 Å². The number of carbonyl (C=O) groups is 1. The van der Waals surface area contributed by atoms with Gasteiger partial charge in [0, 0.05) is 0 Å². The molecule has 1 aliphatic rings. The van der Waals surface area contributed by atoms with Crippen LogP contribution >= 0.6 is 0 Å². The molecule has 66 valence electrons. The molecule has 0 heterocycles. The summed E-state index contributed by atoms with van der Waals surface area (Å²) in [5.41, 5.74) is 0. The van der Waals surface area contributed by atoms with Crippen molar-refractivity contribution in [2.24, 2.45) is 11.8 Å². The number of hydrogen-bond acceptors (Lipinski definition) is 3. The number of nitrogens with zero attached hydrogens (tertiary/aromatic N) is 1. The average molecular weight is 167 g/mol. The van der Waals surface area contributed by atoms with E-state index in [1.807, 2.05) is 0 Å². The molecule has 0 spiro atoms. The van der Waals surface area contributed by atoms with Gasteiger partial charge in [0.05, 0.1) is 25.0 Å². The number of hydrogen-bond donors (Lipinski definition) is 0. The summed E-state index contributed by atoms with van der Waals surface area (Å²) in [6.45, 7) is 0. The normalized spacial score (nSPS) is 29.0. The van der Waals surface area contributed by atoms with E-state index < -0.39 is 0 Å². The van der Waals surface area contributed by atoms with Gasteiger partial charge in [-0.2, -0.15) is 5.26 Å². The molecule has 0 bridgehead atoms. The van der Waals surface area contributed by atoms with Gasteiger partial charge < -0.3 is 4.74 Å². The third kappa shape index (κ3) is 1.76. The Hall–Kier alpha value is -1.04. The minimum atomic E-state index is -0.221.